The van der Waals surface area contributed by atoms with Gasteiger partial charge in [0, 0.05) is 24.3 Å². The number of nitrogens with one attached hydrogen (secondary N) is 1. The van der Waals surface area contributed by atoms with Crippen LogP contribution in [0.1, 0.15) is 18.4 Å². The first-order valence-electron chi connectivity index (χ1n) is 7.84. The zero-order chi connectivity index (χ0) is 18.1. The number of nitro groups is 1. The molecule has 0 aliphatic carbocycles. The van der Waals surface area contributed by atoms with E-state index in [1.165, 1.54) is 30.9 Å². The van der Waals surface area contributed by atoms with Crippen molar-refractivity contribution >= 4 is 29.0 Å². The SMILES string of the molecule is COc1ccc([N+](=O)[O-])cc1NC(=O)CCCSCc1ccccc1. The van der Waals surface area contributed by atoms with Crippen LogP contribution < -0.4 is 10.1 Å². The van der Waals surface area contributed by atoms with Gasteiger partial charge in [-0.1, -0.05) is 30.3 Å². The highest BCUT2D eigenvalue weighted by molar-refractivity contribution is 7.98. The molecule has 1 amide bonds. The number of ether oxygens (including phenoxy) is 1. The van der Waals surface area contributed by atoms with Crippen molar-refractivity contribution < 1.29 is 14.5 Å². The Balaban J connectivity index is 1.78. The van der Waals surface area contributed by atoms with Crippen LogP contribution in [0.25, 0.3) is 0 Å². The Morgan fingerprint density at radius 2 is 2.00 bits per heavy atom. The monoisotopic (exact) mass is 360 g/mol. The smallest absolute Gasteiger partial charge is 0.271 e. The summed E-state index contributed by atoms with van der Waals surface area (Å²) >= 11 is 1.77. The zero-order valence-corrected chi connectivity index (χ0v) is 14.8. The van der Waals surface area contributed by atoms with Crippen LogP contribution in [0.15, 0.2) is 48.5 Å². The molecule has 0 fully saturated rings. The Hall–Kier alpha value is -2.54. The van der Waals surface area contributed by atoms with Crippen molar-refractivity contribution in [1.29, 1.82) is 0 Å². The maximum Gasteiger partial charge on any atom is 0.271 e. The summed E-state index contributed by atoms with van der Waals surface area (Å²) in [4.78, 5) is 22.4. The molecule has 2 aromatic rings. The van der Waals surface area contributed by atoms with Crippen molar-refractivity contribution in [2.45, 2.75) is 18.6 Å². The van der Waals surface area contributed by atoms with Crippen molar-refractivity contribution in [2.75, 3.05) is 18.2 Å². The Labute approximate surface area is 150 Å². The average molecular weight is 360 g/mol. The summed E-state index contributed by atoms with van der Waals surface area (Å²) in [7, 11) is 1.46. The van der Waals surface area contributed by atoms with Crippen LogP contribution in [0.2, 0.25) is 0 Å². The van der Waals surface area contributed by atoms with E-state index in [2.05, 4.69) is 17.4 Å². The largest absolute Gasteiger partial charge is 0.495 e. The molecule has 6 nitrogen and oxygen atoms in total. The second kappa shape index (κ2) is 9.68. The maximum atomic E-state index is 12.0. The van der Waals surface area contributed by atoms with Gasteiger partial charge in [-0.05, 0) is 23.8 Å². The summed E-state index contributed by atoms with van der Waals surface area (Å²) in [5.41, 5.74) is 1.49. The van der Waals surface area contributed by atoms with Gasteiger partial charge in [0.15, 0.2) is 0 Å². The summed E-state index contributed by atoms with van der Waals surface area (Å²) in [6.45, 7) is 0. The van der Waals surface area contributed by atoms with Crippen LogP contribution in [0, 0.1) is 10.1 Å². The molecule has 0 saturated carbocycles. The quantitative estimate of drug-likeness (QED) is 0.410. The normalized spacial score (nSPS) is 10.3. The van der Waals surface area contributed by atoms with Crippen LogP contribution in [-0.4, -0.2) is 23.7 Å². The molecule has 0 aliphatic heterocycles. The Morgan fingerprint density at radius 1 is 1.24 bits per heavy atom. The number of amides is 1. The number of hydrogen-bond donors (Lipinski definition) is 1. The molecule has 0 aromatic heterocycles. The predicted octanol–water partition coefficient (Wildman–Crippen LogP) is 4.26. The van der Waals surface area contributed by atoms with Gasteiger partial charge in [-0.3, -0.25) is 14.9 Å². The lowest BCUT2D eigenvalue weighted by molar-refractivity contribution is -0.384. The lowest BCUT2D eigenvalue weighted by Gasteiger charge is -2.10. The Kier molecular flexibility index (Phi) is 7.28. The van der Waals surface area contributed by atoms with E-state index in [1.54, 1.807) is 11.8 Å². The van der Waals surface area contributed by atoms with E-state index in [0.717, 1.165) is 17.9 Å². The number of carbonyl (C=O) groups excluding carboxylic acids is 1. The fraction of sp³-hybridized carbons (Fsp3) is 0.278. The molecule has 0 aliphatic rings. The van der Waals surface area contributed by atoms with Crippen molar-refractivity contribution in [3.63, 3.8) is 0 Å². The average Bonchev–Trinajstić information content (AvgIpc) is 2.62. The molecule has 2 rings (SSSR count). The lowest BCUT2D eigenvalue weighted by atomic mass is 10.2. The van der Waals surface area contributed by atoms with E-state index in [1.807, 2.05) is 18.2 Å². The number of rotatable bonds is 9. The summed E-state index contributed by atoms with van der Waals surface area (Å²) < 4.78 is 5.13. The van der Waals surface area contributed by atoms with E-state index in [9.17, 15) is 14.9 Å². The maximum absolute atomic E-state index is 12.0. The van der Waals surface area contributed by atoms with E-state index in [-0.39, 0.29) is 11.6 Å². The number of thioether (sulfide) groups is 1. The predicted molar refractivity (Wildman–Crippen MR) is 100 cm³/mol. The molecular formula is C18H20N2O4S. The zero-order valence-electron chi connectivity index (χ0n) is 13.9. The number of anilines is 1. The molecule has 0 saturated heterocycles. The Morgan fingerprint density at radius 3 is 2.68 bits per heavy atom. The minimum Gasteiger partial charge on any atom is -0.495 e. The van der Waals surface area contributed by atoms with Crippen LogP contribution in [0.5, 0.6) is 5.75 Å². The third-order valence-corrected chi connectivity index (χ3v) is 4.59. The van der Waals surface area contributed by atoms with Gasteiger partial charge in [0.05, 0.1) is 17.7 Å². The minimum atomic E-state index is -0.505. The van der Waals surface area contributed by atoms with Crippen molar-refractivity contribution in [1.82, 2.24) is 0 Å². The summed E-state index contributed by atoms with van der Waals surface area (Å²) in [6.07, 6.45) is 1.09. The van der Waals surface area contributed by atoms with Gasteiger partial charge in [-0.15, -0.1) is 0 Å². The van der Waals surface area contributed by atoms with Gasteiger partial charge in [0.1, 0.15) is 5.75 Å². The van der Waals surface area contributed by atoms with Gasteiger partial charge < -0.3 is 10.1 Å². The number of nitrogens with zero attached hydrogens (tertiary/aromatic N) is 1. The first-order valence-corrected chi connectivity index (χ1v) is 8.99. The molecular weight excluding hydrogens is 340 g/mol. The van der Waals surface area contributed by atoms with Gasteiger partial charge in [0.25, 0.3) is 5.69 Å². The molecule has 0 spiro atoms. The molecule has 7 heteroatoms. The summed E-state index contributed by atoms with van der Waals surface area (Å²) in [5, 5.41) is 13.5. The topological polar surface area (TPSA) is 81.5 Å². The molecule has 0 bridgehead atoms. The highest BCUT2D eigenvalue weighted by Gasteiger charge is 2.13. The van der Waals surface area contributed by atoms with E-state index in [4.69, 9.17) is 4.74 Å². The molecule has 0 radical (unpaired) electrons. The highest BCUT2D eigenvalue weighted by atomic mass is 32.2. The van der Waals surface area contributed by atoms with Crippen molar-refractivity contribution in [3.8, 4) is 5.75 Å². The summed E-state index contributed by atoms with van der Waals surface area (Å²) in [5.74, 6) is 2.01. The summed E-state index contributed by atoms with van der Waals surface area (Å²) in [6, 6.07) is 14.3. The van der Waals surface area contributed by atoms with Gasteiger partial charge in [-0.25, -0.2) is 0 Å². The molecule has 0 atom stereocenters. The molecule has 25 heavy (non-hydrogen) atoms. The first-order chi connectivity index (χ1) is 12.1. The van der Waals surface area contributed by atoms with E-state index >= 15 is 0 Å². The van der Waals surface area contributed by atoms with Crippen LogP contribution in [0.3, 0.4) is 0 Å². The first kappa shape index (κ1) is 18.8. The number of carbonyl (C=O) groups is 1. The number of hydrogen-bond acceptors (Lipinski definition) is 5. The number of methoxy groups -OCH3 is 1. The highest BCUT2D eigenvalue weighted by Crippen LogP contribution is 2.29. The third-order valence-electron chi connectivity index (χ3n) is 3.47. The third kappa shape index (κ3) is 6.11. The lowest BCUT2D eigenvalue weighted by Crippen LogP contribution is -2.12. The van der Waals surface area contributed by atoms with Crippen LogP contribution >= 0.6 is 11.8 Å². The number of benzene rings is 2. The fourth-order valence-corrected chi connectivity index (χ4v) is 3.14. The Bertz CT molecular complexity index is 722. The molecule has 0 heterocycles. The molecule has 2 aromatic carbocycles. The standard InChI is InChI=1S/C18H20N2O4S/c1-24-17-10-9-15(20(22)23)12-16(17)19-18(21)8-5-11-25-13-14-6-3-2-4-7-14/h2-4,6-7,9-10,12H,5,8,11,13H2,1H3,(H,19,21). The fourth-order valence-electron chi connectivity index (χ4n) is 2.22. The van der Waals surface area contributed by atoms with E-state index in [0.29, 0.717) is 17.9 Å². The minimum absolute atomic E-state index is 0.0884. The van der Waals surface area contributed by atoms with Gasteiger partial charge in [0.2, 0.25) is 5.91 Å². The molecule has 1 N–H and O–H groups in total. The van der Waals surface area contributed by atoms with Crippen LogP contribution in [-0.2, 0) is 10.5 Å². The second-order valence-corrected chi connectivity index (χ2v) is 6.44. The molecule has 0 unspecified atom stereocenters. The van der Waals surface area contributed by atoms with E-state index < -0.39 is 4.92 Å². The van der Waals surface area contributed by atoms with Crippen LogP contribution in [0.4, 0.5) is 11.4 Å². The van der Waals surface area contributed by atoms with Crippen molar-refractivity contribution in [2.24, 2.45) is 0 Å². The van der Waals surface area contributed by atoms with Gasteiger partial charge >= 0.3 is 0 Å². The number of non-ortho nitro benzene ring substituents is 1. The number of nitro benzene ring substituents is 1. The van der Waals surface area contributed by atoms with Crippen molar-refractivity contribution in [3.05, 3.63) is 64.2 Å². The second-order valence-electron chi connectivity index (χ2n) is 5.33. The molecule has 132 valence electrons. The van der Waals surface area contributed by atoms with Gasteiger partial charge in [-0.2, -0.15) is 11.8 Å².